The lowest BCUT2D eigenvalue weighted by Gasteiger charge is -2.11. The molecule has 1 aromatic rings. The zero-order valence-electron chi connectivity index (χ0n) is 8.94. The first-order chi connectivity index (χ1) is 6.79. The van der Waals surface area contributed by atoms with E-state index in [-0.39, 0.29) is 6.41 Å². The van der Waals surface area contributed by atoms with Crippen molar-refractivity contribution in [1.82, 2.24) is 0 Å². The van der Waals surface area contributed by atoms with E-state index < -0.39 is 0 Å². The minimum absolute atomic E-state index is 0.250. The van der Waals surface area contributed by atoms with Crippen LogP contribution in [0.5, 0.6) is 0 Å². The Bertz CT molecular complexity index is 229. The molecule has 0 fully saturated rings. The number of hydrogen-bond donors (Lipinski definition) is 1. The first kappa shape index (κ1) is 12.7. The molecule has 1 aromatic carbocycles. The predicted molar refractivity (Wildman–Crippen MR) is 60.0 cm³/mol. The summed E-state index contributed by atoms with van der Waals surface area (Å²) in [4.78, 5) is 8.58. The van der Waals surface area contributed by atoms with E-state index >= 15 is 0 Å². The Hall–Kier alpha value is -1.31. The fourth-order valence-corrected chi connectivity index (χ4v) is 1.49. The van der Waals surface area contributed by atoms with Gasteiger partial charge in [0.1, 0.15) is 0 Å². The number of benzene rings is 1. The Balaban J connectivity index is 0.000000500. The third-order valence-corrected chi connectivity index (χ3v) is 2.26. The summed E-state index contributed by atoms with van der Waals surface area (Å²) < 4.78 is 0. The van der Waals surface area contributed by atoms with Crippen molar-refractivity contribution in [3.05, 3.63) is 35.9 Å². The molecule has 0 aliphatic rings. The van der Waals surface area contributed by atoms with Crippen LogP contribution in [0.15, 0.2) is 30.3 Å². The van der Waals surface area contributed by atoms with Crippen molar-refractivity contribution >= 4 is 6.41 Å². The van der Waals surface area contributed by atoms with Crippen LogP contribution < -0.4 is 5.73 Å². The second-order valence-electron chi connectivity index (χ2n) is 3.06. The quantitative estimate of drug-likeness (QED) is 0.737. The Morgan fingerprint density at radius 1 is 1.21 bits per heavy atom. The third kappa shape index (κ3) is 4.65. The molecule has 2 heteroatoms. The molecule has 0 saturated heterocycles. The lowest BCUT2D eigenvalue weighted by molar-refractivity contribution is -0.106. The number of hydrogen-bond acceptors (Lipinski definition) is 1. The van der Waals surface area contributed by atoms with Gasteiger partial charge < -0.3 is 5.73 Å². The Kier molecular flexibility index (Phi) is 7.52. The number of nitrogens with two attached hydrogens (primary N) is 1. The lowest BCUT2D eigenvalue weighted by Crippen LogP contribution is -1.93. The van der Waals surface area contributed by atoms with Gasteiger partial charge in [0.05, 0.1) is 0 Å². The molecule has 0 aliphatic carbocycles. The van der Waals surface area contributed by atoms with Gasteiger partial charge in [0.2, 0.25) is 6.41 Å². The number of carbonyl (C=O) groups excluding carboxylic acids is 1. The van der Waals surface area contributed by atoms with E-state index in [4.69, 9.17) is 4.79 Å². The monoisotopic (exact) mass is 193 g/mol. The first-order valence-electron chi connectivity index (χ1n) is 5.00. The molecule has 0 unspecified atom stereocenters. The van der Waals surface area contributed by atoms with Gasteiger partial charge in [-0.05, 0) is 24.3 Å². The van der Waals surface area contributed by atoms with Crippen molar-refractivity contribution in [3.63, 3.8) is 0 Å². The van der Waals surface area contributed by atoms with Gasteiger partial charge in [-0.25, -0.2) is 0 Å². The first-order valence-corrected chi connectivity index (χ1v) is 5.00. The summed E-state index contributed by atoms with van der Waals surface area (Å²) in [6.45, 7) is 4.50. The SMILES string of the molecule is CCC(CC)c1ccccc1.NC=O. The summed E-state index contributed by atoms with van der Waals surface area (Å²) >= 11 is 0. The van der Waals surface area contributed by atoms with Gasteiger partial charge >= 0.3 is 0 Å². The zero-order valence-corrected chi connectivity index (χ0v) is 8.94. The highest BCUT2D eigenvalue weighted by atomic mass is 16.1. The Morgan fingerprint density at radius 2 is 1.64 bits per heavy atom. The molecule has 0 aromatic heterocycles. The Morgan fingerprint density at radius 3 is 2.00 bits per heavy atom. The van der Waals surface area contributed by atoms with Crippen molar-refractivity contribution in [2.75, 3.05) is 0 Å². The topological polar surface area (TPSA) is 43.1 Å². The maximum Gasteiger partial charge on any atom is 0.204 e. The minimum atomic E-state index is 0.250. The van der Waals surface area contributed by atoms with Gasteiger partial charge in [0.15, 0.2) is 0 Å². The van der Waals surface area contributed by atoms with Gasteiger partial charge in [-0.2, -0.15) is 0 Å². The lowest BCUT2D eigenvalue weighted by atomic mass is 9.94. The molecule has 1 amide bonds. The van der Waals surface area contributed by atoms with E-state index in [0.29, 0.717) is 0 Å². The molecule has 14 heavy (non-hydrogen) atoms. The predicted octanol–water partition coefficient (Wildman–Crippen LogP) is 2.69. The van der Waals surface area contributed by atoms with E-state index in [0.717, 1.165) is 5.92 Å². The van der Waals surface area contributed by atoms with Gasteiger partial charge in [0, 0.05) is 0 Å². The highest BCUT2D eigenvalue weighted by Gasteiger charge is 2.03. The summed E-state index contributed by atoms with van der Waals surface area (Å²) in [5, 5.41) is 0. The average molecular weight is 193 g/mol. The number of primary amides is 1. The highest BCUT2D eigenvalue weighted by Crippen LogP contribution is 2.21. The highest BCUT2D eigenvalue weighted by molar-refractivity contribution is 5.42. The summed E-state index contributed by atoms with van der Waals surface area (Å²) in [6.07, 6.45) is 2.75. The van der Waals surface area contributed by atoms with Crippen molar-refractivity contribution in [2.24, 2.45) is 5.73 Å². The molecule has 2 N–H and O–H groups in total. The second-order valence-corrected chi connectivity index (χ2v) is 3.06. The van der Waals surface area contributed by atoms with E-state index in [1.54, 1.807) is 0 Å². The second kappa shape index (κ2) is 8.30. The van der Waals surface area contributed by atoms with Crippen LogP contribution in [0.2, 0.25) is 0 Å². The van der Waals surface area contributed by atoms with E-state index in [2.05, 4.69) is 49.9 Å². The molecule has 1 rings (SSSR count). The molecule has 0 bridgehead atoms. The standard InChI is InChI=1S/C11H16.CH3NO/c1-3-10(4-2)11-8-6-5-7-9-11;2-1-3/h5-10H,3-4H2,1-2H3;1H,(H2,2,3). The van der Waals surface area contributed by atoms with Crippen LogP contribution in [0.25, 0.3) is 0 Å². The maximum atomic E-state index is 8.58. The Labute approximate surface area is 86.1 Å². The zero-order chi connectivity index (χ0) is 10.8. The van der Waals surface area contributed by atoms with Crippen molar-refractivity contribution in [1.29, 1.82) is 0 Å². The average Bonchev–Trinajstić information content (AvgIpc) is 2.22. The van der Waals surface area contributed by atoms with Crippen LogP contribution in [0.3, 0.4) is 0 Å². The molecular weight excluding hydrogens is 174 g/mol. The summed E-state index contributed by atoms with van der Waals surface area (Å²) in [6, 6.07) is 10.8. The van der Waals surface area contributed by atoms with Gasteiger partial charge in [-0.1, -0.05) is 44.2 Å². The number of carbonyl (C=O) groups is 1. The van der Waals surface area contributed by atoms with Crippen LogP contribution in [-0.4, -0.2) is 6.41 Å². The minimum Gasteiger partial charge on any atom is -0.372 e. The molecule has 78 valence electrons. The fourth-order valence-electron chi connectivity index (χ4n) is 1.49. The molecule has 0 aliphatic heterocycles. The van der Waals surface area contributed by atoms with Gasteiger partial charge in [-0.15, -0.1) is 0 Å². The van der Waals surface area contributed by atoms with Crippen molar-refractivity contribution in [2.45, 2.75) is 32.6 Å². The van der Waals surface area contributed by atoms with Crippen LogP contribution in [-0.2, 0) is 4.79 Å². The number of amides is 1. The molecule has 0 spiro atoms. The fraction of sp³-hybridized carbons (Fsp3) is 0.417. The summed E-state index contributed by atoms with van der Waals surface area (Å²) in [7, 11) is 0. The molecule has 0 atom stereocenters. The molecule has 0 saturated carbocycles. The molecule has 0 heterocycles. The van der Waals surface area contributed by atoms with Crippen molar-refractivity contribution in [3.8, 4) is 0 Å². The van der Waals surface area contributed by atoms with Crippen LogP contribution in [0.4, 0.5) is 0 Å². The van der Waals surface area contributed by atoms with Gasteiger partial charge in [0.25, 0.3) is 0 Å². The summed E-state index contributed by atoms with van der Waals surface area (Å²) in [5.41, 5.74) is 5.65. The van der Waals surface area contributed by atoms with Crippen LogP contribution >= 0.6 is 0 Å². The summed E-state index contributed by atoms with van der Waals surface area (Å²) in [5.74, 6) is 0.760. The maximum absolute atomic E-state index is 8.58. The van der Waals surface area contributed by atoms with Crippen LogP contribution in [0, 0.1) is 0 Å². The smallest absolute Gasteiger partial charge is 0.204 e. The van der Waals surface area contributed by atoms with E-state index in [9.17, 15) is 0 Å². The molecular formula is C12H19NO. The van der Waals surface area contributed by atoms with E-state index in [1.807, 2.05) is 0 Å². The molecule has 2 nitrogen and oxygen atoms in total. The number of rotatable bonds is 3. The largest absolute Gasteiger partial charge is 0.372 e. The third-order valence-electron chi connectivity index (χ3n) is 2.26. The molecule has 0 radical (unpaired) electrons. The normalized spacial score (nSPS) is 9.07. The van der Waals surface area contributed by atoms with Gasteiger partial charge in [-0.3, -0.25) is 4.79 Å². The van der Waals surface area contributed by atoms with Crippen LogP contribution in [0.1, 0.15) is 38.2 Å². The van der Waals surface area contributed by atoms with E-state index in [1.165, 1.54) is 18.4 Å². The van der Waals surface area contributed by atoms with Crippen molar-refractivity contribution < 1.29 is 4.79 Å².